The second-order valence-corrected chi connectivity index (χ2v) is 2.17. The maximum atomic E-state index is 11.6. The summed E-state index contributed by atoms with van der Waals surface area (Å²) in [5.74, 6) is 0.0622. The molecule has 0 fully saturated rings. The number of nitrogen functional groups attached to an aromatic ring is 1. The Morgan fingerprint density at radius 1 is 1.46 bits per heavy atom. The lowest BCUT2D eigenvalue weighted by atomic mass is 10.6. The van der Waals surface area contributed by atoms with Crippen LogP contribution in [0.1, 0.15) is 0 Å². The normalized spacial score (nSPS) is 11.3. The van der Waals surface area contributed by atoms with Crippen LogP contribution in [0.2, 0.25) is 0 Å². The Morgan fingerprint density at radius 3 is 2.69 bits per heavy atom. The zero-order valence-electron chi connectivity index (χ0n) is 6.38. The first-order valence-electron chi connectivity index (χ1n) is 3.25. The minimum absolute atomic E-state index is 0.0622. The maximum absolute atomic E-state index is 11.6. The van der Waals surface area contributed by atoms with Crippen molar-refractivity contribution < 1.29 is 17.9 Å². The molecule has 0 radical (unpaired) electrons. The molecule has 0 atom stereocenters. The number of anilines is 1. The van der Waals surface area contributed by atoms with Crippen molar-refractivity contribution in [3.63, 3.8) is 0 Å². The van der Waals surface area contributed by atoms with E-state index >= 15 is 0 Å². The number of hydrogen-bond acceptors (Lipinski definition) is 4. The molecule has 0 saturated carbocycles. The van der Waals surface area contributed by atoms with E-state index in [2.05, 4.69) is 14.7 Å². The molecule has 0 amide bonds. The lowest BCUT2D eigenvalue weighted by Crippen LogP contribution is -2.20. The Labute approximate surface area is 71.6 Å². The smallest absolute Gasteiger partial charge is 0.422 e. The molecule has 1 aromatic rings. The fraction of sp³-hybridized carbons (Fsp3) is 0.333. The first-order chi connectivity index (χ1) is 5.97. The van der Waals surface area contributed by atoms with Crippen molar-refractivity contribution in [3.05, 3.63) is 12.3 Å². The van der Waals surface area contributed by atoms with E-state index in [0.29, 0.717) is 0 Å². The molecule has 13 heavy (non-hydrogen) atoms. The minimum Gasteiger partial charge on any atom is -0.454 e. The third kappa shape index (κ3) is 3.59. The van der Waals surface area contributed by atoms with Gasteiger partial charge < -0.3 is 10.5 Å². The number of nitrogens with zero attached hydrogens (tertiary/aromatic N) is 2. The highest BCUT2D eigenvalue weighted by Gasteiger charge is 2.28. The second-order valence-electron chi connectivity index (χ2n) is 2.17. The van der Waals surface area contributed by atoms with Gasteiger partial charge in [-0.15, -0.1) is 0 Å². The van der Waals surface area contributed by atoms with Crippen LogP contribution in [0.5, 0.6) is 6.01 Å². The standard InChI is InChI=1S/C6H6F3N3O/c7-6(8,9)3-13-5-11-2-1-4(10)12-5/h1-2H,3H2,(H2,10,11,12). The quantitative estimate of drug-likeness (QED) is 0.761. The van der Waals surface area contributed by atoms with Gasteiger partial charge in [0.15, 0.2) is 6.61 Å². The molecule has 0 bridgehead atoms. The Kier molecular flexibility index (Phi) is 2.54. The first-order valence-corrected chi connectivity index (χ1v) is 3.25. The molecule has 0 aliphatic rings. The summed E-state index contributed by atoms with van der Waals surface area (Å²) in [6.07, 6.45) is -3.18. The third-order valence-corrected chi connectivity index (χ3v) is 1.02. The summed E-state index contributed by atoms with van der Waals surface area (Å²) in [7, 11) is 0. The van der Waals surface area contributed by atoms with E-state index in [1.54, 1.807) is 0 Å². The molecule has 0 spiro atoms. The number of aromatic nitrogens is 2. The summed E-state index contributed by atoms with van der Waals surface area (Å²) in [6.45, 7) is -1.42. The molecular weight excluding hydrogens is 187 g/mol. The van der Waals surface area contributed by atoms with Gasteiger partial charge in [0.2, 0.25) is 0 Å². The van der Waals surface area contributed by atoms with Crippen LogP contribution in [0.4, 0.5) is 19.0 Å². The molecule has 4 nitrogen and oxygen atoms in total. The predicted octanol–water partition coefficient (Wildman–Crippen LogP) is 1.000. The van der Waals surface area contributed by atoms with E-state index in [4.69, 9.17) is 5.73 Å². The Morgan fingerprint density at radius 2 is 2.15 bits per heavy atom. The molecule has 2 N–H and O–H groups in total. The molecule has 72 valence electrons. The van der Waals surface area contributed by atoms with Crippen molar-refractivity contribution in [1.29, 1.82) is 0 Å². The van der Waals surface area contributed by atoms with Crippen molar-refractivity contribution in [3.8, 4) is 6.01 Å². The van der Waals surface area contributed by atoms with E-state index < -0.39 is 12.8 Å². The van der Waals surface area contributed by atoms with Crippen LogP contribution in [-0.2, 0) is 0 Å². The van der Waals surface area contributed by atoms with Gasteiger partial charge in [0.25, 0.3) is 0 Å². The second kappa shape index (κ2) is 3.46. The Balaban J connectivity index is 2.55. The average molecular weight is 193 g/mol. The fourth-order valence-corrected chi connectivity index (χ4v) is 0.570. The van der Waals surface area contributed by atoms with Crippen LogP contribution < -0.4 is 10.5 Å². The zero-order valence-corrected chi connectivity index (χ0v) is 6.38. The lowest BCUT2D eigenvalue weighted by Gasteiger charge is -2.06. The monoisotopic (exact) mass is 193 g/mol. The Hall–Kier alpha value is -1.53. The first kappa shape index (κ1) is 9.56. The van der Waals surface area contributed by atoms with Gasteiger partial charge in [-0.1, -0.05) is 0 Å². The van der Waals surface area contributed by atoms with Gasteiger partial charge in [-0.05, 0) is 6.07 Å². The molecule has 0 aliphatic heterocycles. The maximum Gasteiger partial charge on any atom is 0.422 e. The van der Waals surface area contributed by atoms with Gasteiger partial charge in [0.1, 0.15) is 5.82 Å². The summed E-state index contributed by atoms with van der Waals surface area (Å²) < 4.78 is 39.1. The average Bonchev–Trinajstić information content (AvgIpc) is 2.00. The summed E-state index contributed by atoms with van der Waals surface area (Å²) in [5.41, 5.74) is 5.19. The van der Waals surface area contributed by atoms with E-state index in [1.807, 2.05) is 0 Å². The number of hydrogen-bond donors (Lipinski definition) is 1. The highest BCUT2D eigenvalue weighted by molar-refractivity contribution is 5.26. The van der Waals surface area contributed by atoms with Gasteiger partial charge in [-0.25, -0.2) is 4.98 Å². The van der Waals surface area contributed by atoms with Crippen LogP contribution in [0.3, 0.4) is 0 Å². The SMILES string of the molecule is Nc1ccnc(OCC(F)(F)F)n1. The van der Waals surface area contributed by atoms with Crippen molar-refractivity contribution in [2.45, 2.75) is 6.18 Å². The van der Waals surface area contributed by atoms with Crippen molar-refractivity contribution >= 4 is 5.82 Å². The highest BCUT2D eigenvalue weighted by atomic mass is 19.4. The zero-order chi connectivity index (χ0) is 9.90. The van der Waals surface area contributed by atoms with Gasteiger partial charge in [0, 0.05) is 6.20 Å². The van der Waals surface area contributed by atoms with Gasteiger partial charge in [-0.2, -0.15) is 18.2 Å². The van der Waals surface area contributed by atoms with E-state index in [9.17, 15) is 13.2 Å². The van der Waals surface area contributed by atoms with E-state index in [0.717, 1.165) is 0 Å². The predicted molar refractivity (Wildman–Crippen MR) is 38.0 cm³/mol. The summed E-state index contributed by atoms with van der Waals surface area (Å²) in [6, 6.07) is 0.970. The molecule has 1 rings (SSSR count). The van der Waals surface area contributed by atoms with Crippen LogP contribution in [-0.4, -0.2) is 22.8 Å². The van der Waals surface area contributed by atoms with Crippen LogP contribution >= 0.6 is 0 Å². The van der Waals surface area contributed by atoms with Crippen LogP contribution in [0.25, 0.3) is 0 Å². The van der Waals surface area contributed by atoms with Crippen molar-refractivity contribution in [1.82, 2.24) is 9.97 Å². The number of nitrogens with two attached hydrogens (primary N) is 1. The summed E-state index contributed by atoms with van der Waals surface area (Å²) in [5, 5.41) is 0. The van der Waals surface area contributed by atoms with Crippen molar-refractivity contribution in [2.75, 3.05) is 12.3 Å². The summed E-state index contributed by atoms with van der Waals surface area (Å²) >= 11 is 0. The lowest BCUT2D eigenvalue weighted by molar-refractivity contribution is -0.154. The Bertz CT molecular complexity index is 289. The fourth-order valence-electron chi connectivity index (χ4n) is 0.570. The van der Waals surface area contributed by atoms with Crippen LogP contribution in [0, 0.1) is 0 Å². The van der Waals surface area contributed by atoms with Gasteiger partial charge >= 0.3 is 12.2 Å². The van der Waals surface area contributed by atoms with E-state index in [1.165, 1.54) is 12.3 Å². The minimum atomic E-state index is -4.39. The number of ether oxygens (including phenoxy) is 1. The molecule has 0 unspecified atom stereocenters. The molecule has 1 heterocycles. The molecule has 7 heteroatoms. The summed E-state index contributed by atoms with van der Waals surface area (Å²) in [4.78, 5) is 6.85. The molecule has 1 aromatic heterocycles. The number of halogens is 3. The van der Waals surface area contributed by atoms with Gasteiger partial charge in [0.05, 0.1) is 0 Å². The molecule has 0 aromatic carbocycles. The van der Waals surface area contributed by atoms with Crippen LogP contribution in [0.15, 0.2) is 12.3 Å². The molecule has 0 saturated heterocycles. The van der Waals surface area contributed by atoms with Crippen molar-refractivity contribution in [2.24, 2.45) is 0 Å². The highest BCUT2D eigenvalue weighted by Crippen LogP contribution is 2.15. The molecule has 0 aliphatic carbocycles. The topological polar surface area (TPSA) is 61.0 Å². The van der Waals surface area contributed by atoms with E-state index in [-0.39, 0.29) is 11.8 Å². The number of rotatable bonds is 2. The molecular formula is C6H6F3N3O. The largest absolute Gasteiger partial charge is 0.454 e. The number of alkyl halides is 3. The van der Waals surface area contributed by atoms with Gasteiger partial charge in [-0.3, -0.25) is 0 Å². The third-order valence-electron chi connectivity index (χ3n) is 1.02.